The minimum atomic E-state index is -0.729. The van der Waals surface area contributed by atoms with Gasteiger partial charge >= 0.3 is 0 Å². The maximum atomic E-state index is 10.7. The SMILES string of the molecule is O=[N+]([O-])N=c1n(COCCBr)ccn1Cc1ccc(Cl)nc1. The number of hydrogen-bond donors (Lipinski definition) is 0. The Morgan fingerprint density at radius 3 is 2.82 bits per heavy atom. The van der Waals surface area contributed by atoms with E-state index in [1.54, 1.807) is 39.9 Å². The number of nitro groups is 1. The van der Waals surface area contributed by atoms with Crippen molar-refractivity contribution >= 4 is 27.5 Å². The molecule has 0 unspecified atom stereocenters. The van der Waals surface area contributed by atoms with Crippen LogP contribution in [0.1, 0.15) is 5.56 Å². The molecule has 22 heavy (non-hydrogen) atoms. The zero-order chi connectivity index (χ0) is 15.9. The van der Waals surface area contributed by atoms with E-state index in [-0.39, 0.29) is 12.3 Å². The molecule has 0 aromatic carbocycles. The van der Waals surface area contributed by atoms with Crippen molar-refractivity contribution in [1.29, 1.82) is 0 Å². The monoisotopic (exact) mass is 389 g/mol. The molecule has 118 valence electrons. The second-order valence-electron chi connectivity index (χ2n) is 4.25. The summed E-state index contributed by atoms with van der Waals surface area (Å²) in [5, 5.41) is 14.5. The zero-order valence-corrected chi connectivity index (χ0v) is 13.8. The molecule has 2 heterocycles. The Morgan fingerprint density at radius 1 is 1.41 bits per heavy atom. The molecule has 2 aromatic heterocycles. The largest absolute Gasteiger partial charge is 0.360 e. The summed E-state index contributed by atoms with van der Waals surface area (Å²) in [4.78, 5) is 14.7. The Labute approximate surface area is 139 Å². The van der Waals surface area contributed by atoms with Gasteiger partial charge in [0.25, 0.3) is 5.62 Å². The number of imidazole rings is 1. The van der Waals surface area contributed by atoms with E-state index in [1.165, 1.54) is 0 Å². The van der Waals surface area contributed by atoms with Gasteiger partial charge in [0, 0.05) is 23.9 Å². The van der Waals surface area contributed by atoms with Crippen LogP contribution in [0.15, 0.2) is 35.8 Å². The van der Waals surface area contributed by atoms with E-state index in [1.807, 2.05) is 0 Å². The Hall–Kier alpha value is -1.71. The van der Waals surface area contributed by atoms with Gasteiger partial charge in [-0.3, -0.25) is 4.57 Å². The van der Waals surface area contributed by atoms with Crippen molar-refractivity contribution in [3.8, 4) is 0 Å². The van der Waals surface area contributed by atoms with Gasteiger partial charge in [-0.1, -0.05) is 33.6 Å². The van der Waals surface area contributed by atoms with Crippen LogP contribution in [0.4, 0.5) is 0 Å². The number of pyridine rings is 1. The number of aromatic nitrogens is 3. The van der Waals surface area contributed by atoms with Crippen molar-refractivity contribution in [2.45, 2.75) is 13.3 Å². The number of halogens is 2. The number of hydrogen-bond acceptors (Lipinski definition) is 4. The van der Waals surface area contributed by atoms with Crippen LogP contribution in [-0.2, 0) is 18.0 Å². The first-order valence-corrected chi connectivity index (χ1v) is 7.79. The highest BCUT2D eigenvalue weighted by atomic mass is 79.9. The Morgan fingerprint density at radius 2 is 2.18 bits per heavy atom. The summed E-state index contributed by atoms with van der Waals surface area (Å²) in [6, 6.07) is 3.47. The number of alkyl halides is 1. The standard InChI is InChI=1S/C12H13BrClN5O3/c13-3-6-22-9-18-5-4-17(12(18)16-19(20)21)8-10-1-2-11(14)15-7-10/h1-2,4-5,7H,3,6,8-9H2. The zero-order valence-electron chi connectivity index (χ0n) is 11.4. The fraction of sp³-hybridized carbons (Fsp3) is 0.333. The van der Waals surface area contributed by atoms with E-state index in [0.29, 0.717) is 23.6 Å². The molecule has 0 aliphatic carbocycles. The van der Waals surface area contributed by atoms with E-state index in [9.17, 15) is 10.1 Å². The second-order valence-corrected chi connectivity index (χ2v) is 5.43. The molecule has 0 spiro atoms. The van der Waals surface area contributed by atoms with E-state index >= 15 is 0 Å². The molecule has 0 radical (unpaired) electrons. The van der Waals surface area contributed by atoms with Gasteiger partial charge in [-0.05, 0) is 11.6 Å². The van der Waals surface area contributed by atoms with Gasteiger partial charge < -0.3 is 9.30 Å². The second kappa shape index (κ2) is 8.06. The number of nitrogens with zero attached hydrogens (tertiary/aromatic N) is 5. The van der Waals surface area contributed by atoms with Crippen molar-refractivity contribution in [3.63, 3.8) is 0 Å². The molecule has 2 aromatic rings. The quantitative estimate of drug-likeness (QED) is 0.237. The third-order valence-corrected chi connectivity index (χ3v) is 3.25. The van der Waals surface area contributed by atoms with Crippen molar-refractivity contribution in [3.05, 3.63) is 57.2 Å². The van der Waals surface area contributed by atoms with E-state index in [2.05, 4.69) is 26.0 Å². The van der Waals surface area contributed by atoms with E-state index < -0.39 is 5.03 Å². The van der Waals surface area contributed by atoms with Gasteiger partial charge in [-0.15, -0.1) is 0 Å². The van der Waals surface area contributed by atoms with E-state index in [0.717, 1.165) is 5.56 Å². The number of rotatable bonds is 7. The highest BCUT2D eigenvalue weighted by molar-refractivity contribution is 9.09. The predicted octanol–water partition coefficient (Wildman–Crippen LogP) is 1.85. The lowest BCUT2D eigenvalue weighted by Crippen LogP contribution is -2.28. The van der Waals surface area contributed by atoms with Gasteiger partial charge in [0.1, 0.15) is 17.0 Å². The summed E-state index contributed by atoms with van der Waals surface area (Å²) >= 11 is 8.99. The highest BCUT2D eigenvalue weighted by Gasteiger charge is 2.07. The molecule has 0 fully saturated rings. The molecule has 0 aliphatic heterocycles. The van der Waals surface area contributed by atoms with Crippen molar-refractivity contribution in [2.24, 2.45) is 5.10 Å². The molecule has 2 rings (SSSR count). The molecule has 0 saturated heterocycles. The smallest absolute Gasteiger partial charge is 0.284 e. The summed E-state index contributed by atoms with van der Waals surface area (Å²) in [5.74, 6) is 0. The lowest BCUT2D eigenvalue weighted by Gasteiger charge is -2.04. The first-order chi connectivity index (χ1) is 10.6. The molecule has 0 N–H and O–H groups in total. The first kappa shape index (κ1) is 16.7. The van der Waals surface area contributed by atoms with Crippen LogP contribution in [0.2, 0.25) is 5.15 Å². The van der Waals surface area contributed by atoms with Crippen LogP contribution in [-0.4, -0.2) is 31.1 Å². The molecule has 8 nitrogen and oxygen atoms in total. The average Bonchev–Trinajstić information content (AvgIpc) is 2.84. The minimum absolute atomic E-state index is 0.185. The van der Waals surface area contributed by atoms with Crippen molar-refractivity contribution < 1.29 is 9.77 Å². The molecular weight excluding hydrogens is 378 g/mol. The Bertz CT molecular complexity index is 698. The maximum absolute atomic E-state index is 10.7. The fourth-order valence-electron chi connectivity index (χ4n) is 1.79. The lowest BCUT2D eigenvalue weighted by atomic mass is 10.3. The summed E-state index contributed by atoms with van der Waals surface area (Å²) in [6.07, 6.45) is 5.00. The van der Waals surface area contributed by atoms with Crippen molar-refractivity contribution in [1.82, 2.24) is 14.1 Å². The Balaban J connectivity index is 2.26. The van der Waals surface area contributed by atoms with Crippen LogP contribution in [0, 0.1) is 10.1 Å². The number of ether oxygens (including phenoxy) is 1. The normalized spacial score (nSPS) is 11.8. The molecule has 0 bridgehead atoms. The van der Waals surface area contributed by atoms with E-state index in [4.69, 9.17) is 16.3 Å². The minimum Gasteiger partial charge on any atom is -0.360 e. The highest BCUT2D eigenvalue weighted by Crippen LogP contribution is 2.06. The van der Waals surface area contributed by atoms with Crippen LogP contribution < -0.4 is 5.62 Å². The molecule has 0 atom stereocenters. The van der Waals surface area contributed by atoms with Gasteiger partial charge in [0.05, 0.1) is 13.2 Å². The molecule has 0 amide bonds. The topological polar surface area (TPSA) is 87.5 Å². The van der Waals surface area contributed by atoms with Gasteiger partial charge in [0.2, 0.25) is 0 Å². The van der Waals surface area contributed by atoms with Crippen LogP contribution >= 0.6 is 27.5 Å². The molecule has 0 aliphatic rings. The molecule has 10 heteroatoms. The van der Waals surface area contributed by atoms with Crippen LogP contribution in [0.5, 0.6) is 0 Å². The summed E-state index contributed by atoms with van der Waals surface area (Å²) in [5.41, 5.74) is 1.04. The third kappa shape index (κ3) is 4.65. The fourth-order valence-corrected chi connectivity index (χ4v) is 2.13. The first-order valence-electron chi connectivity index (χ1n) is 6.29. The van der Waals surface area contributed by atoms with Gasteiger partial charge in [-0.25, -0.2) is 15.1 Å². The molecular formula is C12H13BrClN5O3. The maximum Gasteiger partial charge on any atom is 0.284 e. The van der Waals surface area contributed by atoms with Gasteiger partial charge in [0.15, 0.2) is 5.03 Å². The van der Waals surface area contributed by atoms with Gasteiger partial charge in [-0.2, -0.15) is 0 Å². The Kier molecular flexibility index (Phi) is 6.10. The molecule has 0 saturated carbocycles. The summed E-state index contributed by atoms with van der Waals surface area (Å²) < 4.78 is 8.57. The summed E-state index contributed by atoms with van der Waals surface area (Å²) in [7, 11) is 0. The van der Waals surface area contributed by atoms with Crippen molar-refractivity contribution in [2.75, 3.05) is 11.9 Å². The predicted molar refractivity (Wildman–Crippen MR) is 83.1 cm³/mol. The lowest BCUT2D eigenvalue weighted by molar-refractivity contribution is -0.491. The third-order valence-electron chi connectivity index (χ3n) is 2.70. The van der Waals surface area contributed by atoms with Crippen LogP contribution in [0.3, 0.4) is 0 Å². The van der Waals surface area contributed by atoms with Crippen LogP contribution in [0.25, 0.3) is 0 Å². The summed E-state index contributed by atoms with van der Waals surface area (Å²) in [6.45, 7) is 1.07. The average molecular weight is 391 g/mol.